The molecule has 136 valence electrons. The highest BCUT2D eigenvalue weighted by atomic mass is 15.1. The third-order valence-corrected chi connectivity index (χ3v) is 7.20. The van der Waals surface area contributed by atoms with E-state index >= 15 is 0 Å². The maximum absolute atomic E-state index is 4.79. The first-order valence-electron chi connectivity index (χ1n) is 10.5. The van der Waals surface area contributed by atoms with Crippen LogP contribution in [0.15, 0.2) is 29.3 Å². The van der Waals surface area contributed by atoms with Gasteiger partial charge in [-0.2, -0.15) is 0 Å². The van der Waals surface area contributed by atoms with Crippen LogP contribution in [-0.2, 0) is 0 Å². The number of hydrogen-bond donors (Lipinski definition) is 0. The fourth-order valence-electron chi connectivity index (χ4n) is 6.43. The lowest BCUT2D eigenvalue weighted by Gasteiger charge is -2.57. The molecule has 0 amide bonds. The molecule has 4 saturated carbocycles. The van der Waals surface area contributed by atoms with E-state index in [0.717, 1.165) is 37.4 Å². The summed E-state index contributed by atoms with van der Waals surface area (Å²) in [7, 11) is 0. The molecule has 4 fully saturated rings. The van der Waals surface area contributed by atoms with Gasteiger partial charge in [0, 0.05) is 31.5 Å². The van der Waals surface area contributed by atoms with Gasteiger partial charge >= 0.3 is 0 Å². The molecule has 25 heavy (non-hydrogen) atoms. The molecule has 4 aliphatic carbocycles. The number of anilines is 1. The van der Waals surface area contributed by atoms with E-state index in [0.29, 0.717) is 5.41 Å². The smallest absolute Gasteiger partial charge is 0.0394 e. The van der Waals surface area contributed by atoms with Gasteiger partial charge in [-0.05, 0) is 99.7 Å². The van der Waals surface area contributed by atoms with Gasteiger partial charge in [0.15, 0.2) is 0 Å². The molecule has 2 heteroatoms. The van der Waals surface area contributed by atoms with Gasteiger partial charge in [0.2, 0.25) is 0 Å². The Bertz CT molecular complexity index is 562. The van der Waals surface area contributed by atoms with Crippen LogP contribution < -0.4 is 4.90 Å². The van der Waals surface area contributed by atoms with Crippen LogP contribution in [0, 0.1) is 23.2 Å². The average molecular weight is 339 g/mol. The number of rotatable bonds is 7. The van der Waals surface area contributed by atoms with Crippen molar-refractivity contribution in [3.05, 3.63) is 29.8 Å². The van der Waals surface area contributed by atoms with Crippen LogP contribution >= 0.6 is 0 Å². The minimum Gasteiger partial charge on any atom is -0.372 e. The van der Waals surface area contributed by atoms with Crippen LogP contribution in [-0.4, -0.2) is 25.8 Å². The highest BCUT2D eigenvalue weighted by Crippen LogP contribution is 2.61. The van der Waals surface area contributed by atoms with Gasteiger partial charge < -0.3 is 4.90 Å². The third-order valence-electron chi connectivity index (χ3n) is 7.20. The quantitative estimate of drug-likeness (QED) is 0.594. The Morgan fingerprint density at radius 3 is 2.04 bits per heavy atom. The number of nitrogens with zero attached hydrogens (tertiary/aromatic N) is 2. The molecule has 0 aliphatic heterocycles. The van der Waals surface area contributed by atoms with Crippen molar-refractivity contribution in [3.8, 4) is 0 Å². The SMILES string of the molecule is CCN(CC)c1ccc(C=NCCC23CC4CC(CC(C4)C2)C3)cc1. The molecule has 0 N–H and O–H groups in total. The number of benzene rings is 1. The lowest BCUT2D eigenvalue weighted by molar-refractivity contribution is -0.0556. The Labute approximate surface area is 153 Å². The molecule has 4 aliphatic rings. The molecule has 0 heterocycles. The average Bonchev–Trinajstić information content (AvgIpc) is 2.60. The van der Waals surface area contributed by atoms with Gasteiger partial charge in [-0.25, -0.2) is 0 Å². The number of hydrogen-bond acceptors (Lipinski definition) is 2. The predicted octanol–water partition coefficient (Wildman–Crippen LogP) is 5.56. The zero-order valence-corrected chi connectivity index (χ0v) is 16.1. The van der Waals surface area contributed by atoms with E-state index in [9.17, 15) is 0 Å². The summed E-state index contributed by atoms with van der Waals surface area (Å²) in [6.07, 6.45) is 12.6. The summed E-state index contributed by atoms with van der Waals surface area (Å²) in [5, 5.41) is 0. The Kier molecular flexibility index (Phi) is 4.88. The van der Waals surface area contributed by atoms with E-state index in [1.807, 2.05) is 0 Å². The first kappa shape index (κ1) is 17.1. The summed E-state index contributed by atoms with van der Waals surface area (Å²) < 4.78 is 0. The largest absolute Gasteiger partial charge is 0.372 e. The summed E-state index contributed by atoms with van der Waals surface area (Å²) in [6, 6.07) is 8.88. The predicted molar refractivity (Wildman–Crippen MR) is 108 cm³/mol. The Hall–Kier alpha value is -1.31. The third kappa shape index (κ3) is 3.64. The van der Waals surface area contributed by atoms with Gasteiger partial charge in [-0.15, -0.1) is 0 Å². The van der Waals surface area contributed by atoms with E-state index < -0.39 is 0 Å². The lowest BCUT2D eigenvalue weighted by atomic mass is 9.49. The zero-order valence-electron chi connectivity index (χ0n) is 16.1. The molecular formula is C23H34N2. The minimum absolute atomic E-state index is 0.665. The van der Waals surface area contributed by atoms with E-state index in [4.69, 9.17) is 4.99 Å². The Balaban J connectivity index is 1.31. The van der Waals surface area contributed by atoms with Gasteiger partial charge in [-0.1, -0.05) is 12.1 Å². The van der Waals surface area contributed by atoms with Crippen LogP contribution in [0.5, 0.6) is 0 Å². The molecule has 1 aromatic rings. The van der Waals surface area contributed by atoms with Crippen molar-refractivity contribution in [1.82, 2.24) is 0 Å². The fourth-order valence-corrected chi connectivity index (χ4v) is 6.43. The second-order valence-electron chi connectivity index (χ2n) is 8.97. The van der Waals surface area contributed by atoms with Crippen molar-refractivity contribution in [2.75, 3.05) is 24.5 Å². The first-order valence-corrected chi connectivity index (χ1v) is 10.5. The summed E-state index contributed by atoms with van der Waals surface area (Å²) in [5.41, 5.74) is 3.22. The van der Waals surface area contributed by atoms with E-state index in [2.05, 4.69) is 49.2 Å². The van der Waals surface area contributed by atoms with Crippen LogP contribution in [0.1, 0.15) is 64.4 Å². The molecule has 5 rings (SSSR count). The Morgan fingerprint density at radius 2 is 1.52 bits per heavy atom. The maximum Gasteiger partial charge on any atom is 0.0394 e. The van der Waals surface area contributed by atoms with Gasteiger partial charge in [0.05, 0.1) is 0 Å². The lowest BCUT2D eigenvalue weighted by Crippen LogP contribution is -2.46. The van der Waals surface area contributed by atoms with E-state index in [1.54, 1.807) is 19.3 Å². The fraction of sp³-hybridized carbons (Fsp3) is 0.696. The molecule has 4 bridgehead atoms. The van der Waals surface area contributed by atoms with Crippen molar-refractivity contribution in [3.63, 3.8) is 0 Å². The molecule has 0 unspecified atom stereocenters. The molecule has 0 spiro atoms. The monoisotopic (exact) mass is 338 g/mol. The second kappa shape index (κ2) is 7.13. The van der Waals surface area contributed by atoms with Crippen molar-refractivity contribution in [2.24, 2.45) is 28.2 Å². The van der Waals surface area contributed by atoms with Gasteiger partial charge in [0.25, 0.3) is 0 Å². The zero-order chi connectivity index (χ0) is 17.3. The molecule has 0 radical (unpaired) electrons. The summed E-state index contributed by atoms with van der Waals surface area (Å²) >= 11 is 0. The second-order valence-corrected chi connectivity index (χ2v) is 8.97. The summed E-state index contributed by atoms with van der Waals surface area (Å²) in [5.74, 6) is 3.17. The molecule has 2 nitrogen and oxygen atoms in total. The van der Waals surface area contributed by atoms with Crippen LogP contribution in [0.25, 0.3) is 0 Å². The van der Waals surface area contributed by atoms with E-state index in [1.165, 1.54) is 36.9 Å². The maximum atomic E-state index is 4.79. The van der Waals surface area contributed by atoms with Gasteiger partial charge in [0.1, 0.15) is 0 Å². The number of aliphatic imine (C=N–C) groups is 1. The molecule has 1 aromatic carbocycles. The van der Waals surface area contributed by atoms with Gasteiger partial charge in [-0.3, -0.25) is 4.99 Å². The molecular weight excluding hydrogens is 304 g/mol. The Morgan fingerprint density at radius 1 is 0.960 bits per heavy atom. The normalized spacial score (nSPS) is 33.3. The molecule has 0 atom stereocenters. The van der Waals surface area contributed by atoms with E-state index in [-0.39, 0.29) is 0 Å². The van der Waals surface area contributed by atoms with Crippen molar-refractivity contribution in [1.29, 1.82) is 0 Å². The van der Waals surface area contributed by atoms with Crippen LogP contribution in [0.4, 0.5) is 5.69 Å². The molecule has 0 saturated heterocycles. The first-order chi connectivity index (χ1) is 12.2. The molecule has 0 aromatic heterocycles. The highest BCUT2D eigenvalue weighted by Gasteiger charge is 2.50. The summed E-state index contributed by atoms with van der Waals surface area (Å²) in [6.45, 7) is 7.57. The van der Waals surface area contributed by atoms with Crippen molar-refractivity contribution in [2.45, 2.75) is 58.8 Å². The standard InChI is InChI=1S/C23H34N2/c1-3-25(4-2)22-7-5-18(6-8-22)17-24-10-9-23-14-19-11-20(15-23)13-21(12-19)16-23/h5-8,17,19-21H,3-4,9-16H2,1-2H3. The van der Waals surface area contributed by atoms with Crippen molar-refractivity contribution < 1.29 is 0 Å². The van der Waals surface area contributed by atoms with Crippen LogP contribution in [0.3, 0.4) is 0 Å². The van der Waals surface area contributed by atoms with Crippen molar-refractivity contribution >= 4 is 11.9 Å². The summed E-state index contributed by atoms with van der Waals surface area (Å²) in [4.78, 5) is 7.18. The topological polar surface area (TPSA) is 15.6 Å². The minimum atomic E-state index is 0.665. The highest BCUT2D eigenvalue weighted by molar-refractivity contribution is 5.80. The van der Waals surface area contributed by atoms with Crippen LogP contribution in [0.2, 0.25) is 0 Å².